The number of hydrogen-bond acceptors (Lipinski definition) is 8. The summed E-state index contributed by atoms with van der Waals surface area (Å²) >= 11 is 6.15. The Balaban J connectivity index is 1.60. The molecular weight excluding hydrogens is 518 g/mol. The van der Waals surface area contributed by atoms with Crippen LogP contribution in [0.15, 0.2) is 64.1 Å². The Morgan fingerprint density at radius 3 is 2.65 bits per heavy atom. The van der Waals surface area contributed by atoms with Crippen molar-refractivity contribution in [3.63, 3.8) is 0 Å². The molecule has 4 rings (SSSR count). The number of aromatic nitrogens is 1. The molecular formula is C26H28ClN3O6S. The highest BCUT2D eigenvalue weighted by molar-refractivity contribution is 7.92. The van der Waals surface area contributed by atoms with Gasteiger partial charge in [0.2, 0.25) is 5.88 Å². The number of ether oxygens (including phenoxy) is 3. The van der Waals surface area contributed by atoms with Gasteiger partial charge in [0, 0.05) is 23.7 Å². The van der Waals surface area contributed by atoms with Gasteiger partial charge in [-0.25, -0.2) is 13.4 Å². The van der Waals surface area contributed by atoms with Crippen molar-refractivity contribution in [2.75, 3.05) is 39.1 Å². The SMILES string of the molecule is COc1ccc(COc2nc3ccoc3cc2NS(=O)(=O)c2cccc(Cl)c2C)cc1OCCN(C)C. The normalized spacial score (nSPS) is 11.6. The second-order valence-electron chi connectivity index (χ2n) is 8.54. The summed E-state index contributed by atoms with van der Waals surface area (Å²) in [6.45, 7) is 2.98. The van der Waals surface area contributed by atoms with Gasteiger partial charge >= 0.3 is 0 Å². The van der Waals surface area contributed by atoms with Gasteiger partial charge < -0.3 is 23.5 Å². The number of furan rings is 1. The lowest BCUT2D eigenvalue weighted by Crippen LogP contribution is -2.19. The third-order valence-electron chi connectivity index (χ3n) is 5.55. The molecule has 0 aliphatic carbocycles. The fraction of sp³-hybridized carbons (Fsp3) is 0.269. The highest BCUT2D eigenvalue weighted by atomic mass is 35.5. The number of likely N-dealkylation sites (N-methyl/N-ethyl adjacent to an activating group) is 1. The third kappa shape index (κ3) is 6.27. The molecule has 9 nitrogen and oxygen atoms in total. The lowest BCUT2D eigenvalue weighted by molar-refractivity contribution is 0.249. The van der Waals surface area contributed by atoms with Gasteiger partial charge in [-0.05, 0) is 56.4 Å². The molecule has 0 saturated carbocycles. The van der Waals surface area contributed by atoms with Crippen LogP contribution >= 0.6 is 11.6 Å². The van der Waals surface area contributed by atoms with Crippen LogP contribution < -0.4 is 18.9 Å². The van der Waals surface area contributed by atoms with Crippen LogP contribution in [0.5, 0.6) is 17.4 Å². The summed E-state index contributed by atoms with van der Waals surface area (Å²) in [6, 6.07) is 13.4. The number of hydrogen-bond donors (Lipinski definition) is 1. The molecule has 0 aliphatic rings. The number of fused-ring (bicyclic) bond motifs is 1. The van der Waals surface area contributed by atoms with Gasteiger partial charge in [-0.15, -0.1) is 0 Å². The van der Waals surface area contributed by atoms with Crippen molar-refractivity contribution in [3.8, 4) is 17.4 Å². The van der Waals surface area contributed by atoms with Crippen molar-refractivity contribution in [1.29, 1.82) is 0 Å². The Hall–Kier alpha value is -3.47. The molecule has 0 spiro atoms. The number of methoxy groups -OCH3 is 1. The van der Waals surface area contributed by atoms with E-state index in [-0.39, 0.29) is 23.1 Å². The first-order valence-corrected chi connectivity index (χ1v) is 13.3. The van der Waals surface area contributed by atoms with E-state index in [9.17, 15) is 8.42 Å². The molecule has 0 fully saturated rings. The van der Waals surface area contributed by atoms with Gasteiger partial charge in [0.1, 0.15) is 24.4 Å². The smallest absolute Gasteiger partial charge is 0.262 e. The molecule has 2 heterocycles. The summed E-state index contributed by atoms with van der Waals surface area (Å²) in [7, 11) is 1.52. The predicted molar refractivity (Wildman–Crippen MR) is 142 cm³/mol. The Kier molecular flexibility index (Phi) is 8.11. The molecule has 11 heteroatoms. The second-order valence-corrected chi connectivity index (χ2v) is 10.6. The van der Waals surface area contributed by atoms with Crippen LogP contribution in [0.4, 0.5) is 5.69 Å². The molecule has 1 N–H and O–H groups in total. The third-order valence-corrected chi connectivity index (χ3v) is 7.47. The standard InChI is InChI=1S/C26H28ClN3O6S/c1-17-19(27)6-5-7-25(17)37(31,32)29-21-15-23-20(10-12-34-23)28-26(21)36-16-18-8-9-22(33-4)24(14-18)35-13-11-30(2)3/h5-10,12,14-15,29H,11,13,16H2,1-4H3. The van der Waals surface area contributed by atoms with E-state index in [2.05, 4.69) is 9.71 Å². The Morgan fingerprint density at radius 1 is 1.08 bits per heavy atom. The second kappa shape index (κ2) is 11.3. The maximum absolute atomic E-state index is 13.2. The fourth-order valence-corrected chi connectivity index (χ4v) is 5.10. The van der Waals surface area contributed by atoms with E-state index in [1.165, 1.54) is 12.3 Å². The molecule has 0 atom stereocenters. The van der Waals surface area contributed by atoms with Crippen molar-refractivity contribution in [1.82, 2.24) is 9.88 Å². The number of nitrogens with one attached hydrogen (secondary N) is 1. The molecule has 0 bridgehead atoms. The highest BCUT2D eigenvalue weighted by Crippen LogP contribution is 2.33. The minimum absolute atomic E-state index is 0.0557. The van der Waals surface area contributed by atoms with Gasteiger partial charge in [-0.1, -0.05) is 23.7 Å². The molecule has 37 heavy (non-hydrogen) atoms. The molecule has 0 saturated heterocycles. The Labute approximate surface area is 221 Å². The number of anilines is 1. The molecule has 2 aromatic heterocycles. The zero-order valence-electron chi connectivity index (χ0n) is 20.9. The number of pyridine rings is 1. The maximum atomic E-state index is 13.2. The number of nitrogens with zero attached hydrogens (tertiary/aromatic N) is 2. The van der Waals surface area contributed by atoms with Crippen LogP contribution in [0.1, 0.15) is 11.1 Å². The summed E-state index contributed by atoms with van der Waals surface area (Å²) in [5, 5.41) is 0.349. The monoisotopic (exact) mass is 545 g/mol. The van der Waals surface area contributed by atoms with Crippen molar-refractivity contribution in [2.24, 2.45) is 0 Å². The molecule has 0 radical (unpaired) electrons. The highest BCUT2D eigenvalue weighted by Gasteiger charge is 2.22. The first-order chi connectivity index (χ1) is 17.7. The average Bonchev–Trinajstić information content (AvgIpc) is 3.31. The van der Waals surface area contributed by atoms with Crippen LogP contribution in [-0.4, -0.2) is 52.7 Å². The first kappa shape index (κ1) is 26.6. The van der Waals surface area contributed by atoms with E-state index in [1.54, 1.807) is 44.4 Å². The topological polar surface area (TPSA) is 103 Å². The summed E-state index contributed by atoms with van der Waals surface area (Å²) in [4.78, 5) is 6.54. The van der Waals surface area contributed by atoms with Gasteiger partial charge in [0.25, 0.3) is 10.0 Å². The van der Waals surface area contributed by atoms with Crippen molar-refractivity contribution in [3.05, 3.63) is 70.9 Å². The number of benzene rings is 2. The Morgan fingerprint density at radius 2 is 1.89 bits per heavy atom. The van der Waals surface area contributed by atoms with Crippen LogP contribution in [0, 0.1) is 6.92 Å². The number of halogens is 1. The molecule has 0 unspecified atom stereocenters. The fourth-order valence-electron chi connectivity index (χ4n) is 3.55. The molecule has 2 aromatic carbocycles. The van der Waals surface area contributed by atoms with Crippen molar-refractivity contribution in [2.45, 2.75) is 18.4 Å². The van der Waals surface area contributed by atoms with Gasteiger partial charge in [-0.3, -0.25) is 4.72 Å². The predicted octanol–water partition coefficient (Wildman–Crippen LogP) is 5.12. The van der Waals surface area contributed by atoms with Crippen LogP contribution in [-0.2, 0) is 16.6 Å². The largest absolute Gasteiger partial charge is 0.493 e. The molecule has 0 amide bonds. The van der Waals surface area contributed by atoms with Gasteiger partial charge in [0.05, 0.1) is 18.3 Å². The summed E-state index contributed by atoms with van der Waals surface area (Å²) in [5.41, 5.74) is 2.30. The van der Waals surface area contributed by atoms with Gasteiger partial charge in [0.15, 0.2) is 17.1 Å². The average molecular weight is 546 g/mol. The number of rotatable bonds is 11. The van der Waals surface area contributed by atoms with Crippen LogP contribution in [0.2, 0.25) is 5.02 Å². The Bertz CT molecular complexity index is 1500. The summed E-state index contributed by atoms with van der Waals surface area (Å²) in [5.74, 6) is 1.29. The maximum Gasteiger partial charge on any atom is 0.262 e. The van der Waals surface area contributed by atoms with Gasteiger partial charge in [-0.2, -0.15) is 0 Å². The lowest BCUT2D eigenvalue weighted by atomic mass is 10.2. The minimum atomic E-state index is -3.99. The summed E-state index contributed by atoms with van der Waals surface area (Å²) in [6.07, 6.45) is 1.47. The van der Waals surface area contributed by atoms with E-state index in [1.807, 2.05) is 31.1 Å². The number of sulfonamides is 1. The van der Waals surface area contributed by atoms with Crippen LogP contribution in [0.3, 0.4) is 0 Å². The van der Waals surface area contributed by atoms with E-state index in [0.29, 0.717) is 39.8 Å². The molecule has 4 aromatic rings. The minimum Gasteiger partial charge on any atom is -0.493 e. The zero-order chi connectivity index (χ0) is 26.6. The molecule has 0 aliphatic heterocycles. The summed E-state index contributed by atoms with van der Waals surface area (Å²) < 4.78 is 51.7. The quantitative estimate of drug-likeness (QED) is 0.277. The van der Waals surface area contributed by atoms with Crippen molar-refractivity contribution < 1.29 is 27.0 Å². The lowest BCUT2D eigenvalue weighted by Gasteiger charge is -2.16. The van der Waals surface area contributed by atoms with E-state index >= 15 is 0 Å². The van der Waals surface area contributed by atoms with E-state index in [0.717, 1.165) is 12.1 Å². The van der Waals surface area contributed by atoms with Crippen molar-refractivity contribution >= 4 is 38.4 Å². The van der Waals surface area contributed by atoms with Crippen LogP contribution in [0.25, 0.3) is 11.1 Å². The zero-order valence-corrected chi connectivity index (χ0v) is 22.5. The van der Waals surface area contributed by atoms with E-state index < -0.39 is 10.0 Å². The first-order valence-electron chi connectivity index (χ1n) is 11.4. The molecule has 196 valence electrons. The van der Waals surface area contributed by atoms with E-state index in [4.69, 9.17) is 30.2 Å².